The molecule has 0 aliphatic heterocycles. The van der Waals surface area contributed by atoms with Gasteiger partial charge in [0, 0.05) is 0 Å². The molecule has 0 spiro atoms. The number of hydrogen-bond acceptors (Lipinski definition) is 6. The van der Waals surface area contributed by atoms with Gasteiger partial charge in [0.15, 0.2) is 11.5 Å². The molecule has 1 unspecified atom stereocenters. The summed E-state index contributed by atoms with van der Waals surface area (Å²) in [6.45, 7) is -0.105. The normalized spacial score (nSPS) is 11.5. The zero-order valence-electron chi connectivity index (χ0n) is 16.4. The molecule has 0 fully saturated rings. The smallest absolute Gasteiger partial charge is 0.338 e. The number of hydrogen-bond donors (Lipinski definition) is 2. The van der Waals surface area contributed by atoms with E-state index in [1.54, 1.807) is 18.2 Å². The first-order chi connectivity index (χ1) is 14.7. The van der Waals surface area contributed by atoms with Crippen molar-refractivity contribution in [2.75, 3.05) is 13.2 Å². The van der Waals surface area contributed by atoms with Gasteiger partial charge in [-0.3, -0.25) is 0 Å². The molecule has 3 aromatic rings. The third-order valence-electron chi connectivity index (χ3n) is 4.27. The summed E-state index contributed by atoms with van der Waals surface area (Å²) in [6, 6.07) is 24.2. The summed E-state index contributed by atoms with van der Waals surface area (Å²) in [5.41, 5.74) is 2.24. The van der Waals surface area contributed by atoms with Crippen LogP contribution in [-0.4, -0.2) is 35.5 Å². The minimum atomic E-state index is -1.11. The van der Waals surface area contributed by atoms with E-state index >= 15 is 0 Å². The number of carbonyl (C=O) groups is 1. The minimum Gasteiger partial charge on any atom is -0.485 e. The Morgan fingerprint density at radius 2 is 1.37 bits per heavy atom. The first kappa shape index (κ1) is 21.4. The Kier molecular flexibility index (Phi) is 7.83. The fraction of sp³-hybridized carbons (Fsp3) is 0.208. The quantitative estimate of drug-likeness (QED) is 0.501. The van der Waals surface area contributed by atoms with Crippen LogP contribution < -0.4 is 9.47 Å². The molecule has 156 valence electrons. The predicted molar refractivity (Wildman–Crippen MR) is 111 cm³/mol. The summed E-state index contributed by atoms with van der Waals surface area (Å²) in [5, 5.41) is 18.2. The molecule has 1 atom stereocenters. The van der Waals surface area contributed by atoms with Gasteiger partial charge < -0.3 is 24.4 Å². The monoisotopic (exact) mass is 408 g/mol. The molecule has 6 nitrogen and oxygen atoms in total. The van der Waals surface area contributed by atoms with E-state index in [1.807, 2.05) is 60.7 Å². The second-order valence-corrected chi connectivity index (χ2v) is 6.64. The van der Waals surface area contributed by atoms with Crippen molar-refractivity contribution < 1.29 is 29.2 Å². The maximum atomic E-state index is 12.3. The van der Waals surface area contributed by atoms with Crippen molar-refractivity contribution in [1.29, 1.82) is 0 Å². The second kappa shape index (κ2) is 11.0. The zero-order valence-corrected chi connectivity index (χ0v) is 16.4. The van der Waals surface area contributed by atoms with Crippen LogP contribution in [0, 0.1) is 0 Å². The highest BCUT2D eigenvalue weighted by Crippen LogP contribution is 2.30. The first-order valence-electron chi connectivity index (χ1n) is 9.59. The van der Waals surface area contributed by atoms with Crippen LogP contribution in [0.4, 0.5) is 0 Å². The van der Waals surface area contributed by atoms with Gasteiger partial charge in [0.25, 0.3) is 0 Å². The Morgan fingerprint density at radius 3 is 1.93 bits per heavy atom. The number of ether oxygens (including phenoxy) is 3. The molecule has 0 heterocycles. The Hall–Kier alpha value is -3.35. The molecule has 0 aliphatic carbocycles. The lowest BCUT2D eigenvalue weighted by Crippen LogP contribution is -2.22. The van der Waals surface area contributed by atoms with E-state index in [9.17, 15) is 9.90 Å². The average Bonchev–Trinajstić information content (AvgIpc) is 2.81. The topological polar surface area (TPSA) is 85.2 Å². The molecule has 2 N–H and O–H groups in total. The van der Waals surface area contributed by atoms with Gasteiger partial charge in [0.1, 0.15) is 25.9 Å². The number of esters is 1. The summed E-state index contributed by atoms with van der Waals surface area (Å²) in [5.74, 6) is 0.287. The molecule has 0 bridgehead atoms. The van der Waals surface area contributed by atoms with Crippen LogP contribution in [0.3, 0.4) is 0 Å². The van der Waals surface area contributed by atoms with Crippen molar-refractivity contribution in [2.24, 2.45) is 0 Å². The summed E-state index contributed by atoms with van der Waals surface area (Å²) in [4.78, 5) is 12.3. The van der Waals surface area contributed by atoms with Crippen molar-refractivity contribution in [3.63, 3.8) is 0 Å². The van der Waals surface area contributed by atoms with Crippen molar-refractivity contribution in [1.82, 2.24) is 0 Å². The fourth-order valence-electron chi connectivity index (χ4n) is 2.65. The lowest BCUT2D eigenvalue weighted by molar-refractivity contribution is 0.00930. The van der Waals surface area contributed by atoms with Crippen LogP contribution in [0.1, 0.15) is 21.5 Å². The van der Waals surface area contributed by atoms with Crippen LogP contribution in [0.2, 0.25) is 0 Å². The van der Waals surface area contributed by atoms with Crippen molar-refractivity contribution in [2.45, 2.75) is 19.3 Å². The highest BCUT2D eigenvalue weighted by atomic mass is 16.5. The van der Waals surface area contributed by atoms with E-state index in [0.717, 1.165) is 11.1 Å². The average molecular weight is 408 g/mol. The van der Waals surface area contributed by atoms with Crippen LogP contribution in [-0.2, 0) is 18.0 Å². The maximum absolute atomic E-state index is 12.3. The highest BCUT2D eigenvalue weighted by molar-refractivity contribution is 5.90. The Labute approximate surface area is 175 Å². The Bertz CT molecular complexity index is 927. The third-order valence-corrected chi connectivity index (χ3v) is 4.27. The number of rotatable bonds is 10. The van der Waals surface area contributed by atoms with Gasteiger partial charge in [-0.2, -0.15) is 0 Å². The summed E-state index contributed by atoms with van der Waals surface area (Å²) < 4.78 is 16.9. The molecular weight excluding hydrogens is 384 g/mol. The number of aliphatic hydroxyl groups excluding tert-OH is 2. The van der Waals surface area contributed by atoms with Gasteiger partial charge in [0.05, 0.1) is 12.2 Å². The molecular formula is C24H24O6. The molecule has 0 aliphatic rings. The lowest BCUT2D eigenvalue weighted by atomic mass is 10.2. The fourth-order valence-corrected chi connectivity index (χ4v) is 2.65. The van der Waals surface area contributed by atoms with Gasteiger partial charge in [0.2, 0.25) is 0 Å². The number of aliphatic hydroxyl groups is 2. The van der Waals surface area contributed by atoms with E-state index < -0.39 is 18.7 Å². The van der Waals surface area contributed by atoms with Gasteiger partial charge in [-0.15, -0.1) is 0 Å². The van der Waals surface area contributed by atoms with Crippen molar-refractivity contribution >= 4 is 5.97 Å². The van der Waals surface area contributed by atoms with Gasteiger partial charge in [-0.1, -0.05) is 60.7 Å². The highest BCUT2D eigenvalue weighted by Gasteiger charge is 2.15. The SMILES string of the molecule is O=C(OCC(O)CO)c1ccc(OCc2ccccc2)c(OCc2ccccc2)c1. The molecule has 0 saturated carbocycles. The van der Waals surface area contributed by atoms with Gasteiger partial charge in [-0.05, 0) is 29.3 Å². The largest absolute Gasteiger partial charge is 0.485 e. The molecule has 0 aromatic heterocycles. The van der Waals surface area contributed by atoms with Crippen molar-refractivity contribution in [3.8, 4) is 11.5 Å². The van der Waals surface area contributed by atoms with Crippen molar-refractivity contribution in [3.05, 3.63) is 95.6 Å². The zero-order chi connectivity index (χ0) is 21.2. The van der Waals surface area contributed by atoms with E-state index in [-0.39, 0.29) is 12.2 Å². The molecule has 3 aromatic carbocycles. The lowest BCUT2D eigenvalue weighted by Gasteiger charge is -2.15. The van der Waals surface area contributed by atoms with Crippen LogP contribution in [0.15, 0.2) is 78.9 Å². The standard InChI is InChI=1S/C24H24O6/c25-14-21(26)17-30-24(27)20-11-12-22(28-15-18-7-3-1-4-8-18)23(13-20)29-16-19-9-5-2-6-10-19/h1-13,21,25-26H,14-17H2. The molecule has 6 heteroatoms. The van der Waals surface area contributed by atoms with E-state index in [0.29, 0.717) is 24.7 Å². The molecule has 30 heavy (non-hydrogen) atoms. The first-order valence-corrected chi connectivity index (χ1v) is 9.59. The predicted octanol–water partition coefficient (Wildman–Crippen LogP) is 3.35. The summed E-state index contributed by atoms with van der Waals surface area (Å²) in [7, 11) is 0. The van der Waals surface area contributed by atoms with E-state index in [4.69, 9.17) is 19.3 Å². The van der Waals surface area contributed by atoms with Crippen LogP contribution >= 0.6 is 0 Å². The third kappa shape index (κ3) is 6.34. The number of carbonyl (C=O) groups excluding carboxylic acids is 1. The van der Waals surface area contributed by atoms with E-state index in [2.05, 4.69) is 0 Å². The number of benzene rings is 3. The van der Waals surface area contributed by atoms with Gasteiger partial charge in [-0.25, -0.2) is 4.79 Å². The maximum Gasteiger partial charge on any atom is 0.338 e. The molecule has 0 amide bonds. The Balaban J connectivity index is 1.75. The van der Waals surface area contributed by atoms with Gasteiger partial charge >= 0.3 is 5.97 Å². The van der Waals surface area contributed by atoms with Crippen LogP contribution in [0.25, 0.3) is 0 Å². The summed E-state index contributed by atoms with van der Waals surface area (Å²) >= 11 is 0. The molecule has 0 saturated heterocycles. The Morgan fingerprint density at radius 1 is 0.800 bits per heavy atom. The molecule has 3 rings (SSSR count). The van der Waals surface area contributed by atoms with Crippen LogP contribution in [0.5, 0.6) is 11.5 Å². The minimum absolute atomic E-state index is 0.260. The second-order valence-electron chi connectivity index (χ2n) is 6.64. The summed E-state index contributed by atoms with van der Waals surface area (Å²) in [6.07, 6.45) is -1.11. The molecule has 0 radical (unpaired) electrons. The van der Waals surface area contributed by atoms with E-state index in [1.165, 1.54) is 0 Å².